The van der Waals surface area contributed by atoms with Crippen molar-refractivity contribution in [3.63, 3.8) is 0 Å². The Morgan fingerprint density at radius 1 is 1.62 bits per heavy atom. The van der Waals surface area contributed by atoms with E-state index in [4.69, 9.17) is 4.74 Å². The Hall–Kier alpha value is -1.12. The zero-order valence-electron chi connectivity index (χ0n) is 7.99. The van der Waals surface area contributed by atoms with Crippen LogP contribution < -0.4 is 0 Å². The molecular formula is C10H16O3. The summed E-state index contributed by atoms with van der Waals surface area (Å²) >= 11 is 0. The molecule has 0 saturated carbocycles. The molecule has 3 heteroatoms. The van der Waals surface area contributed by atoms with Gasteiger partial charge in [0.25, 0.3) is 0 Å². The zero-order chi connectivity index (χ0) is 10.1. The van der Waals surface area contributed by atoms with Gasteiger partial charge in [-0.05, 0) is 12.3 Å². The summed E-state index contributed by atoms with van der Waals surface area (Å²) in [5.74, 6) is -0.265. The number of esters is 1. The third-order valence-electron chi connectivity index (χ3n) is 1.75. The first-order valence-electron chi connectivity index (χ1n) is 4.47. The minimum atomic E-state index is -0.424. The molecule has 0 aliphatic heterocycles. The van der Waals surface area contributed by atoms with Crippen molar-refractivity contribution >= 4 is 12.3 Å². The van der Waals surface area contributed by atoms with Crippen molar-refractivity contribution in [3.8, 4) is 0 Å². The van der Waals surface area contributed by atoms with E-state index in [1.165, 1.54) is 0 Å². The molecule has 1 atom stereocenters. The zero-order valence-corrected chi connectivity index (χ0v) is 7.99. The van der Waals surface area contributed by atoms with Gasteiger partial charge in [-0.3, -0.25) is 0 Å². The maximum absolute atomic E-state index is 10.7. The molecule has 13 heavy (non-hydrogen) atoms. The molecule has 0 aliphatic rings. The number of ether oxygens (including phenoxy) is 1. The van der Waals surface area contributed by atoms with Crippen LogP contribution in [0.15, 0.2) is 12.7 Å². The number of carbonyl (C=O) groups excluding carboxylic acids is 2. The van der Waals surface area contributed by atoms with Gasteiger partial charge in [0.05, 0.1) is 6.61 Å². The van der Waals surface area contributed by atoms with Crippen LogP contribution in [0.5, 0.6) is 0 Å². The van der Waals surface area contributed by atoms with Crippen LogP contribution in [0.25, 0.3) is 0 Å². The van der Waals surface area contributed by atoms with Crippen LogP contribution in [-0.4, -0.2) is 18.9 Å². The molecule has 0 N–H and O–H groups in total. The Balaban J connectivity index is 3.73. The maximum Gasteiger partial charge on any atom is 0.330 e. The summed E-state index contributed by atoms with van der Waals surface area (Å²) in [6.07, 6.45) is 4.34. The highest BCUT2D eigenvalue weighted by Gasteiger charge is 2.08. The Bertz CT molecular complexity index is 175. The monoisotopic (exact) mass is 184 g/mol. The Morgan fingerprint density at radius 2 is 2.31 bits per heavy atom. The van der Waals surface area contributed by atoms with Gasteiger partial charge in [0, 0.05) is 12.5 Å². The van der Waals surface area contributed by atoms with Crippen molar-refractivity contribution in [3.05, 3.63) is 12.7 Å². The number of hydrogen-bond acceptors (Lipinski definition) is 3. The van der Waals surface area contributed by atoms with Crippen LogP contribution in [0.2, 0.25) is 0 Å². The van der Waals surface area contributed by atoms with E-state index in [9.17, 15) is 9.59 Å². The molecule has 0 spiro atoms. The second-order valence-corrected chi connectivity index (χ2v) is 2.89. The Morgan fingerprint density at radius 3 is 2.77 bits per heavy atom. The van der Waals surface area contributed by atoms with Gasteiger partial charge in [-0.2, -0.15) is 0 Å². The topological polar surface area (TPSA) is 43.4 Å². The average Bonchev–Trinajstić information content (AvgIpc) is 2.14. The molecule has 0 aliphatic carbocycles. The fourth-order valence-corrected chi connectivity index (χ4v) is 1.07. The normalized spacial score (nSPS) is 11.8. The smallest absolute Gasteiger partial charge is 0.330 e. The highest BCUT2D eigenvalue weighted by atomic mass is 16.5. The summed E-state index contributed by atoms with van der Waals surface area (Å²) in [7, 11) is 0. The Kier molecular flexibility index (Phi) is 6.88. The summed E-state index contributed by atoms with van der Waals surface area (Å²) < 4.78 is 4.84. The predicted molar refractivity (Wildman–Crippen MR) is 50.2 cm³/mol. The van der Waals surface area contributed by atoms with Crippen molar-refractivity contribution in [2.24, 2.45) is 5.92 Å². The summed E-state index contributed by atoms with van der Waals surface area (Å²) in [6, 6.07) is 0. The second kappa shape index (κ2) is 7.53. The van der Waals surface area contributed by atoms with Crippen LogP contribution in [0.3, 0.4) is 0 Å². The minimum absolute atomic E-state index is 0.159. The Labute approximate surface area is 78.8 Å². The first-order chi connectivity index (χ1) is 6.24. The van der Waals surface area contributed by atoms with Gasteiger partial charge in [-0.25, -0.2) is 4.79 Å². The largest absolute Gasteiger partial charge is 0.462 e. The molecule has 0 rings (SSSR count). The highest BCUT2D eigenvalue weighted by molar-refractivity contribution is 5.81. The van der Waals surface area contributed by atoms with Gasteiger partial charge in [-0.1, -0.05) is 19.9 Å². The van der Waals surface area contributed by atoms with Gasteiger partial charge in [-0.15, -0.1) is 0 Å². The molecule has 0 amide bonds. The fraction of sp³-hybridized carbons (Fsp3) is 0.600. The van der Waals surface area contributed by atoms with E-state index < -0.39 is 5.97 Å². The van der Waals surface area contributed by atoms with E-state index in [1.807, 2.05) is 6.92 Å². The van der Waals surface area contributed by atoms with Crippen molar-refractivity contribution in [2.75, 3.05) is 6.61 Å². The van der Waals surface area contributed by atoms with E-state index in [0.29, 0.717) is 13.0 Å². The summed E-state index contributed by atoms with van der Waals surface area (Å²) in [5.41, 5.74) is 0. The van der Waals surface area contributed by atoms with Crippen LogP contribution in [0.4, 0.5) is 0 Å². The van der Waals surface area contributed by atoms with E-state index in [0.717, 1.165) is 25.2 Å². The quantitative estimate of drug-likeness (QED) is 0.344. The van der Waals surface area contributed by atoms with Crippen LogP contribution in [0.1, 0.15) is 26.2 Å². The number of aldehydes is 1. The predicted octanol–water partition coefficient (Wildman–Crippen LogP) is 1.72. The lowest BCUT2D eigenvalue weighted by molar-refractivity contribution is -0.139. The molecule has 0 fully saturated rings. The molecule has 3 nitrogen and oxygen atoms in total. The first-order valence-corrected chi connectivity index (χ1v) is 4.47. The molecule has 0 saturated heterocycles. The SMILES string of the molecule is C=CC(=O)OCC(CC=O)CCC. The van der Waals surface area contributed by atoms with Crippen molar-refractivity contribution in [2.45, 2.75) is 26.2 Å². The van der Waals surface area contributed by atoms with Gasteiger partial charge in [0.15, 0.2) is 0 Å². The molecule has 0 aromatic rings. The lowest BCUT2D eigenvalue weighted by Gasteiger charge is -2.11. The molecule has 0 bridgehead atoms. The van der Waals surface area contributed by atoms with E-state index in [1.54, 1.807) is 0 Å². The standard InChI is InChI=1S/C10H16O3/c1-3-5-9(6-7-11)8-13-10(12)4-2/h4,7,9H,2-3,5-6,8H2,1H3. The molecule has 0 aromatic carbocycles. The summed E-state index contributed by atoms with van der Waals surface area (Å²) in [4.78, 5) is 20.9. The maximum atomic E-state index is 10.7. The van der Waals surface area contributed by atoms with Gasteiger partial charge in [0.1, 0.15) is 6.29 Å². The number of hydrogen-bond donors (Lipinski definition) is 0. The fourth-order valence-electron chi connectivity index (χ4n) is 1.07. The molecule has 1 unspecified atom stereocenters. The van der Waals surface area contributed by atoms with E-state index in [2.05, 4.69) is 6.58 Å². The van der Waals surface area contributed by atoms with Gasteiger partial charge < -0.3 is 9.53 Å². The summed E-state index contributed by atoms with van der Waals surface area (Å²) in [6.45, 7) is 5.64. The lowest BCUT2D eigenvalue weighted by Crippen LogP contribution is -2.13. The van der Waals surface area contributed by atoms with Crippen molar-refractivity contribution in [1.82, 2.24) is 0 Å². The van der Waals surface area contributed by atoms with Crippen LogP contribution in [0, 0.1) is 5.92 Å². The lowest BCUT2D eigenvalue weighted by atomic mass is 10.0. The molecular weight excluding hydrogens is 168 g/mol. The first kappa shape index (κ1) is 11.9. The molecule has 0 aromatic heterocycles. The third kappa shape index (κ3) is 6.08. The van der Waals surface area contributed by atoms with E-state index in [-0.39, 0.29) is 5.92 Å². The number of carbonyl (C=O) groups is 2. The van der Waals surface area contributed by atoms with Crippen LogP contribution in [-0.2, 0) is 14.3 Å². The highest BCUT2D eigenvalue weighted by Crippen LogP contribution is 2.10. The van der Waals surface area contributed by atoms with E-state index >= 15 is 0 Å². The van der Waals surface area contributed by atoms with Crippen LogP contribution >= 0.6 is 0 Å². The molecule has 0 heterocycles. The van der Waals surface area contributed by atoms with Crippen molar-refractivity contribution < 1.29 is 14.3 Å². The van der Waals surface area contributed by atoms with Crippen molar-refractivity contribution in [1.29, 1.82) is 0 Å². The van der Waals surface area contributed by atoms with Gasteiger partial charge >= 0.3 is 5.97 Å². The molecule has 74 valence electrons. The third-order valence-corrected chi connectivity index (χ3v) is 1.75. The minimum Gasteiger partial charge on any atom is -0.462 e. The average molecular weight is 184 g/mol. The second-order valence-electron chi connectivity index (χ2n) is 2.89. The number of rotatable bonds is 7. The van der Waals surface area contributed by atoms with Gasteiger partial charge in [0.2, 0.25) is 0 Å². The summed E-state index contributed by atoms with van der Waals surface area (Å²) in [5, 5.41) is 0. The molecule has 0 radical (unpaired) electrons.